The summed E-state index contributed by atoms with van der Waals surface area (Å²) >= 11 is 0. The maximum atomic E-state index is 13.4. The average Bonchev–Trinajstić information content (AvgIpc) is 2.76. The van der Waals surface area contributed by atoms with E-state index in [4.69, 9.17) is 0 Å². The fourth-order valence-electron chi connectivity index (χ4n) is 6.84. The number of hydrogen-bond donors (Lipinski definition) is 2. The predicted octanol–water partition coefficient (Wildman–Crippen LogP) is 7.31. The quantitative estimate of drug-likeness (QED) is 0.155. The molecule has 4 aliphatic carbocycles. The van der Waals surface area contributed by atoms with Crippen molar-refractivity contribution < 1.29 is 4.79 Å². The maximum Gasteiger partial charge on any atom is 0.173 e. The van der Waals surface area contributed by atoms with E-state index in [1.165, 1.54) is 54.4 Å². The number of nitrogens with one attached hydrogen (secondary N) is 2. The number of carbonyl (C=O) groups is 1. The van der Waals surface area contributed by atoms with Crippen LogP contribution in [0.25, 0.3) is 0 Å². The van der Waals surface area contributed by atoms with Crippen molar-refractivity contribution in [3.05, 3.63) is 46.6 Å². The molecule has 1 atom stereocenters. The Hall–Kier alpha value is -1.45. The van der Waals surface area contributed by atoms with Crippen LogP contribution in [0.2, 0.25) is 0 Å². The molecule has 0 heterocycles. The SMILES string of the molecule is CC(C)=CCC/C(C)=C/CNCC(NC1C2CC3CC(C2)CC1C3)C(=O)/C=C(\C)CCC=C(C)C. The Morgan fingerprint density at radius 2 is 1.31 bits per heavy atom. The van der Waals surface area contributed by atoms with Crippen molar-refractivity contribution in [3.63, 3.8) is 0 Å². The second-order valence-electron chi connectivity index (χ2n) is 12.4. The summed E-state index contributed by atoms with van der Waals surface area (Å²) in [7, 11) is 0. The van der Waals surface area contributed by atoms with Crippen LogP contribution in [0.15, 0.2) is 46.6 Å². The number of carbonyl (C=O) groups excluding carboxylic acids is 1. The van der Waals surface area contributed by atoms with Crippen LogP contribution in [0.4, 0.5) is 0 Å². The van der Waals surface area contributed by atoms with Crippen LogP contribution in [0.1, 0.15) is 99.3 Å². The second-order valence-corrected chi connectivity index (χ2v) is 12.4. The van der Waals surface area contributed by atoms with E-state index in [2.05, 4.69) is 70.4 Å². The zero-order chi connectivity index (χ0) is 25.4. The van der Waals surface area contributed by atoms with Crippen molar-refractivity contribution in [3.8, 4) is 0 Å². The molecule has 3 heteroatoms. The Kier molecular flexibility index (Phi) is 11.0. The molecular formula is C32H52N2O. The molecule has 0 radical (unpaired) electrons. The first-order chi connectivity index (χ1) is 16.7. The van der Waals surface area contributed by atoms with Crippen LogP contribution in [0, 0.1) is 23.7 Å². The number of ketones is 1. The zero-order valence-corrected chi connectivity index (χ0v) is 23.5. The van der Waals surface area contributed by atoms with Gasteiger partial charge in [-0.15, -0.1) is 0 Å². The van der Waals surface area contributed by atoms with E-state index >= 15 is 0 Å². The highest BCUT2D eigenvalue weighted by Crippen LogP contribution is 2.53. The summed E-state index contributed by atoms with van der Waals surface area (Å²) < 4.78 is 0. The number of allylic oxidation sites excluding steroid dienone is 6. The van der Waals surface area contributed by atoms with Crippen molar-refractivity contribution >= 4 is 5.78 Å². The summed E-state index contributed by atoms with van der Waals surface area (Å²) in [5.74, 6) is 3.73. The standard InChI is InChI=1S/C32H52N2O/c1-22(2)9-7-11-24(5)13-14-33-21-30(31(35)15-25(6)12-8-10-23(3)4)34-32-28-17-26-16-27(19-28)20-29(32)18-26/h9-10,13,15,26-30,32-34H,7-8,11-12,14,16-21H2,1-6H3/b24-13+,25-15+. The predicted molar refractivity (Wildman–Crippen MR) is 150 cm³/mol. The van der Waals surface area contributed by atoms with Gasteiger partial charge in [0.1, 0.15) is 0 Å². The second kappa shape index (κ2) is 13.7. The van der Waals surface area contributed by atoms with Crippen LogP contribution in [-0.2, 0) is 4.79 Å². The Balaban J connectivity index is 1.58. The van der Waals surface area contributed by atoms with Gasteiger partial charge in [-0.1, -0.05) is 40.5 Å². The van der Waals surface area contributed by atoms with E-state index in [0.717, 1.165) is 55.9 Å². The lowest BCUT2D eigenvalue weighted by atomic mass is 9.54. The molecule has 0 aliphatic heterocycles. The smallest absolute Gasteiger partial charge is 0.173 e. The monoisotopic (exact) mass is 480 g/mol. The molecule has 0 spiro atoms. The van der Waals surface area contributed by atoms with Gasteiger partial charge < -0.3 is 10.6 Å². The first-order valence-electron chi connectivity index (χ1n) is 14.3. The van der Waals surface area contributed by atoms with Crippen molar-refractivity contribution in [2.24, 2.45) is 23.7 Å². The van der Waals surface area contributed by atoms with E-state index in [9.17, 15) is 4.79 Å². The normalized spacial score (nSPS) is 28.7. The third-order valence-corrected chi connectivity index (χ3v) is 8.48. The van der Waals surface area contributed by atoms with Gasteiger partial charge in [-0.05, 0) is 129 Å². The molecule has 4 bridgehead atoms. The first kappa shape index (κ1) is 28.1. The molecule has 0 aromatic heterocycles. The zero-order valence-electron chi connectivity index (χ0n) is 23.5. The summed E-state index contributed by atoms with van der Waals surface area (Å²) in [4.78, 5) is 13.4. The van der Waals surface area contributed by atoms with Gasteiger partial charge in [0.25, 0.3) is 0 Å². The van der Waals surface area contributed by atoms with Crippen LogP contribution < -0.4 is 10.6 Å². The van der Waals surface area contributed by atoms with Gasteiger partial charge in [0.05, 0.1) is 6.04 Å². The highest BCUT2D eigenvalue weighted by atomic mass is 16.1. The molecule has 0 aromatic carbocycles. The summed E-state index contributed by atoms with van der Waals surface area (Å²) in [6, 6.07) is 0.398. The number of rotatable bonds is 14. The van der Waals surface area contributed by atoms with Crippen molar-refractivity contribution in [2.45, 2.75) is 111 Å². The van der Waals surface area contributed by atoms with Crippen LogP contribution in [0.5, 0.6) is 0 Å². The summed E-state index contributed by atoms with van der Waals surface area (Å²) in [5.41, 5.74) is 5.34. The van der Waals surface area contributed by atoms with Crippen LogP contribution in [0.3, 0.4) is 0 Å². The van der Waals surface area contributed by atoms with E-state index < -0.39 is 0 Å². The molecule has 0 amide bonds. The molecule has 4 aliphatic rings. The Morgan fingerprint density at radius 3 is 1.86 bits per heavy atom. The first-order valence-corrected chi connectivity index (χ1v) is 14.3. The molecular weight excluding hydrogens is 428 g/mol. The molecule has 2 N–H and O–H groups in total. The van der Waals surface area contributed by atoms with E-state index in [1.807, 2.05) is 6.08 Å². The Labute approximate surface area is 216 Å². The Bertz CT molecular complexity index is 795. The van der Waals surface area contributed by atoms with Crippen molar-refractivity contribution in [2.75, 3.05) is 13.1 Å². The topological polar surface area (TPSA) is 41.1 Å². The summed E-state index contributed by atoms with van der Waals surface area (Å²) in [5, 5.41) is 7.50. The molecule has 35 heavy (non-hydrogen) atoms. The summed E-state index contributed by atoms with van der Waals surface area (Å²) in [6.07, 6.45) is 20.0. The van der Waals surface area contributed by atoms with Gasteiger partial charge in [-0.3, -0.25) is 4.79 Å². The van der Waals surface area contributed by atoms with Gasteiger partial charge in [-0.2, -0.15) is 0 Å². The van der Waals surface area contributed by atoms with E-state index in [0.29, 0.717) is 12.6 Å². The third-order valence-electron chi connectivity index (χ3n) is 8.48. The van der Waals surface area contributed by atoms with Gasteiger partial charge in [0, 0.05) is 19.1 Å². The molecule has 4 saturated carbocycles. The molecule has 1 unspecified atom stereocenters. The highest BCUT2D eigenvalue weighted by molar-refractivity contribution is 5.95. The minimum Gasteiger partial charge on any atom is -0.311 e. The molecule has 0 aromatic rings. The summed E-state index contributed by atoms with van der Waals surface area (Å²) in [6.45, 7) is 14.5. The molecule has 3 nitrogen and oxygen atoms in total. The molecule has 0 saturated heterocycles. The lowest BCUT2D eigenvalue weighted by molar-refractivity contribution is -0.117. The van der Waals surface area contributed by atoms with E-state index in [1.54, 1.807) is 0 Å². The van der Waals surface area contributed by atoms with Gasteiger partial charge in [0.15, 0.2) is 5.78 Å². The lowest BCUT2D eigenvalue weighted by Crippen LogP contribution is -2.59. The minimum atomic E-state index is -0.129. The fraction of sp³-hybridized carbons (Fsp3) is 0.719. The minimum absolute atomic E-state index is 0.129. The van der Waals surface area contributed by atoms with Crippen LogP contribution in [-0.4, -0.2) is 31.0 Å². The highest BCUT2D eigenvalue weighted by Gasteiger charge is 2.48. The molecule has 4 fully saturated rings. The average molecular weight is 481 g/mol. The Morgan fingerprint density at radius 1 is 0.771 bits per heavy atom. The van der Waals surface area contributed by atoms with Crippen molar-refractivity contribution in [1.29, 1.82) is 0 Å². The number of hydrogen-bond acceptors (Lipinski definition) is 3. The van der Waals surface area contributed by atoms with Gasteiger partial charge in [0.2, 0.25) is 0 Å². The van der Waals surface area contributed by atoms with Crippen molar-refractivity contribution in [1.82, 2.24) is 10.6 Å². The maximum absolute atomic E-state index is 13.4. The third kappa shape index (κ3) is 9.17. The van der Waals surface area contributed by atoms with Gasteiger partial charge in [-0.25, -0.2) is 0 Å². The van der Waals surface area contributed by atoms with Crippen LogP contribution >= 0.6 is 0 Å². The lowest BCUT2D eigenvalue weighted by Gasteiger charge is -2.55. The van der Waals surface area contributed by atoms with E-state index in [-0.39, 0.29) is 11.8 Å². The fourth-order valence-corrected chi connectivity index (χ4v) is 6.84. The van der Waals surface area contributed by atoms with Gasteiger partial charge >= 0.3 is 0 Å². The molecule has 4 rings (SSSR count). The largest absolute Gasteiger partial charge is 0.311 e. The molecule has 196 valence electrons.